The number of fused-ring (bicyclic) bond motifs is 1. The molecular formula is C20H22N2O2S. The van der Waals surface area contributed by atoms with Crippen molar-refractivity contribution in [1.29, 1.82) is 0 Å². The predicted molar refractivity (Wildman–Crippen MR) is 102 cm³/mol. The summed E-state index contributed by atoms with van der Waals surface area (Å²) in [7, 11) is 0. The Morgan fingerprint density at radius 3 is 2.64 bits per heavy atom. The van der Waals surface area contributed by atoms with Crippen molar-refractivity contribution in [3.05, 3.63) is 59.2 Å². The van der Waals surface area contributed by atoms with Crippen LogP contribution < -0.4 is 10.6 Å². The number of nitrogens with one attached hydrogen (secondary N) is 2. The lowest BCUT2D eigenvalue weighted by Gasteiger charge is -2.22. The Morgan fingerprint density at radius 1 is 1.24 bits per heavy atom. The smallest absolute Gasteiger partial charge is 0.251 e. The maximum Gasteiger partial charge on any atom is 0.251 e. The fraction of sp³-hybridized carbons (Fsp3) is 0.300. The molecule has 2 atom stereocenters. The molecule has 130 valence electrons. The first kappa shape index (κ1) is 17.5. The van der Waals surface area contributed by atoms with Crippen molar-refractivity contribution < 1.29 is 9.59 Å². The Morgan fingerprint density at radius 2 is 1.96 bits per heavy atom. The Kier molecular flexibility index (Phi) is 5.13. The molecule has 2 aromatic rings. The van der Waals surface area contributed by atoms with Crippen LogP contribution in [0.2, 0.25) is 0 Å². The fourth-order valence-electron chi connectivity index (χ4n) is 2.81. The minimum absolute atomic E-state index is 0.0267. The summed E-state index contributed by atoms with van der Waals surface area (Å²) < 4.78 is 0. The van der Waals surface area contributed by atoms with Crippen molar-refractivity contribution in [3.8, 4) is 0 Å². The van der Waals surface area contributed by atoms with Gasteiger partial charge in [0, 0.05) is 10.5 Å². The van der Waals surface area contributed by atoms with E-state index >= 15 is 0 Å². The Hall–Kier alpha value is -2.27. The van der Waals surface area contributed by atoms with Crippen molar-refractivity contribution >= 4 is 29.3 Å². The van der Waals surface area contributed by atoms with E-state index in [0.29, 0.717) is 11.3 Å². The van der Waals surface area contributed by atoms with Gasteiger partial charge in [-0.1, -0.05) is 36.8 Å². The molecule has 2 aromatic carbocycles. The van der Waals surface area contributed by atoms with Crippen LogP contribution in [0, 0.1) is 6.92 Å². The number of thioether (sulfide) groups is 1. The minimum Gasteiger partial charge on any atom is -0.345 e. The quantitative estimate of drug-likeness (QED) is 0.860. The number of aryl methyl sites for hydroxylation is 1. The molecule has 0 radical (unpaired) electrons. The molecule has 0 spiro atoms. The first-order valence-electron chi connectivity index (χ1n) is 8.47. The number of hydrogen-bond donors (Lipinski definition) is 2. The molecule has 5 heteroatoms. The molecule has 1 heterocycles. The molecule has 1 aliphatic heterocycles. The zero-order chi connectivity index (χ0) is 18.0. The van der Waals surface area contributed by atoms with Gasteiger partial charge in [-0.2, -0.15) is 0 Å². The number of carbonyl (C=O) groups is 2. The second-order valence-corrected chi connectivity index (χ2v) is 7.69. The van der Waals surface area contributed by atoms with Gasteiger partial charge in [-0.05, 0) is 44.0 Å². The Bertz CT molecular complexity index is 802. The first-order chi connectivity index (χ1) is 12.0. The average Bonchev–Trinajstić information content (AvgIpc) is 2.61. The summed E-state index contributed by atoms with van der Waals surface area (Å²) in [6, 6.07) is 13.6. The lowest BCUT2D eigenvalue weighted by Crippen LogP contribution is -2.29. The Labute approximate surface area is 152 Å². The van der Waals surface area contributed by atoms with Crippen molar-refractivity contribution in [2.24, 2.45) is 0 Å². The number of benzene rings is 2. The molecule has 1 aliphatic rings. The zero-order valence-corrected chi connectivity index (χ0v) is 15.4. The van der Waals surface area contributed by atoms with Crippen LogP contribution in [0.25, 0.3) is 0 Å². The van der Waals surface area contributed by atoms with E-state index in [0.717, 1.165) is 16.9 Å². The molecule has 0 saturated carbocycles. The molecule has 3 rings (SSSR count). The van der Waals surface area contributed by atoms with Crippen LogP contribution in [0.4, 0.5) is 5.69 Å². The highest BCUT2D eigenvalue weighted by atomic mass is 32.2. The van der Waals surface area contributed by atoms with Gasteiger partial charge in [0.1, 0.15) is 0 Å². The number of amides is 2. The summed E-state index contributed by atoms with van der Waals surface area (Å²) in [6.45, 7) is 5.97. The normalized spacial score (nSPS) is 17.4. The Balaban J connectivity index is 1.77. The van der Waals surface area contributed by atoms with E-state index in [4.69, 9.17) is 0 Å². The number of carbonyl (C=O) groups excluding carboxylic acids is 2. The topological polar surface area (TPSA) is 58.2 Å². The van der Waals surface area contributed by atoms with E-state index in [2.05, 4.69) is 41.8 Å². The van der Waals surface area contributed by atoms with Crippen molar-refractivity contribution in [3.63, 3.8) is 0 Å². The summed E-state index contributed by atoms with van der Waals surface area (Å²) in [6.07, 6.45) is 0.809. The maximum absolute atomic E-state index is 12.7. The van der Waals surface area contributed by atoms with Gasteiger partial charge < -0.3 is 10.6 Å². The van der Waals surface area contributed by atoms with Crippen molar-refractivity contribution in [1.82, 2.24) is 5.32 Å². The predicted octanol–water partition coefficient (Wildman–Crippen LogP) is 4.31. The largest absolute Gasteiger partial charge is 0.345 e. The van der Waals surface area contributed by atoms with Gasteiger partial charge in [0.05, 0.1) is 17.0 Å². The van der Waals surface area contributed by atoms with Gasteiger partial charge in [-0.3, -0.25) is 9.59 Å². The van der Waals surface area contributed by atoms with Crippen LogP contribution in [0.3, 0.4) is 0 Å². The third-order valence-corrected chi connectivity index (χ3v) is 5.54. The second kappa shape index (κ2) is 7.31. The molecule has 4 nitrogen and oxygen atoms in total. The van der Waals surface area contributed by atoms with E-state index in [1.165, 1.54) is 17.3 Å². The molecule has 0 aliphatic carbocycles. The average molecular weight is 354 g/mol. The third kappa shape index (κ3) is 3.87. The SMILES string of the molecule is CCC(NC(=O)c1ccc2c(c1)NC(=O)C(C)S2)c1ccc(C)cc1. The summed E-state index contributed by atoms with van der Waals surface area (Å²) in [5, 5.41) is 5.84. The van der Waals surface area contributed by atoms with Gasteiger partial charge in [-0.15, -0.1) is 11.8 Å². The summed E-state index contributed by atoms with van der Waals surface area (Å²) in [4.78, 5) is 25.5. The molecule has 25 heavy (non-hydrogen) atoms. The summed E-state index contributed by atoms with van der Waals surface area (Å²) >= 11 is 1.51. The minimum atomic E-state index is -0.131. The van der Waals surface area contributed by atoms with Crippen LogP contribution in [0.5, 0.6) is 0 Å². The number of hydrogen-bond acceptors (Lipinski definition) is 3. The standard InChI is InChI=1S/C20H22N2O2S/c1-4-16(14-7-5-12(2)6-8-14)21-20(24)15-9-10-18-17(11-15)22-19(23)13(3)25-18/h5-11,13,16H,4H2,1-3H3,(H,21,24)(H,22,23). The third-order valence-electron chi connectivity index (χ3n) is 4.37. The lowest BCUT2D eigenvalue weighted by atomic mass is 10.0. The highest BCUT2D eigenvalue weighted by molar-refractivity contribution is 8.00. The van der Waals surface area contributed by atoms with Crippen molar-refractivity contribution in [2.75, 3.05) is 5.32 Å². The molecule has 2 N–H and O–H groups in total. The van der Waals surface area contributed by atoms with E-state index in [1.807, 2.05) is 26.0 Å². The molecule has 0 fully saturated rings. The van der Waals surface area contributed by atoms with Crippen LogP contribution in [-0.4, -0.2) is 17.1 Å². The van der Waals surface area contributed by atoms with Crippen LogP contribution in [-0.2, 0) is 4.79 Å². The van der Waals surface area contributed by atoms with E-state index < -0.39 is 0 Å². The summed E-state index contributed by atoms with van der Waals surface area (Å²) in [5.41, 5.74) is 3.56. The van der Waals surface area contributed by atoms with E-state index in [-0.39, 0.29) is 23.1 Å². The second-order valence-electron chi connectivity index (χ2n) is 6.31. The van der Waals surface area contributed by atoms with Crippen molar-refractivity contribution in [2.45, 2.75) is 43.4 Å². The van der Waals surface area contributed by atoms with Gasteiger partial charge >= 0.3 is 0 Å². The van der Waals surface area contributed by atoms with Gasteiger partial charge in [0.2, 0.25) is 5.91 Å². The zero-order valence-electron chi connectivity index (χ0n) is 14.6. The molecule has 2 unspecified atom stereocenters. The fourth-order valence-corrected chi connectivity index (χ4v) is 3.74. The first-order valence-corrected chi connectivity index (χ1v) is 9.35. The highest BCUT2D eigenvalue weighted by Gasteiger charge is 2.24. The molecule has 0 aromatic heterocycles. The molecule has 0 saturated heterocycles. The molecule has 0 bridgehead atoms. The van der Waals surface area contributed by atoms with E-state index in [1.54, 1.807) is 6.07 Å². The summed E-state index contributed by atoms with van der Waals surface area (Å²) in [5.74, 6) is -0.158. The molecular weight excluding hydrogens is 332 g/mol. The van der Waals surface area contributed by atoms with Crippen LogP contribution in [0.1, 0.15) is 47.8 Å². The molecule has 2 amide bonds. The monoisotopic (exact) mass is 354 g/mol. The maximum atomic E-state index is 12.7. The van der Waals surface area contributed by atoms with Crippen LogP contribution in [0.15, 0.2) is 47.4 Å². The number of rotatable bonds is 4. The highest BCUT2D eigenvalue weighted by Crippen LogP contribution is 2.36. The lowest BCUT2D eigenvalue weighted by molar-refractivity contribution is -0.115. The van der Waals surface area contributed by atoms with Gasteiger partial charge in [0.25, 0.3) is 5.91 Å². The van der Waals surface area contributed by atoms with Gasteiger partial charge in [-0.25, -0.2) is 0 Å². The van der Waals surface area contributed by atoms with Gasteiger partial charge in [0.15, 0.2) is 0 Å². The van der Waals surface area contributed by atoms with E-state index in [9.17, 15) is 9.59 Å². The van der Waals surface area contributed by atoms with Crippen LogP contribution >= 0.6 is 11.8 Å². The number of anilines is 1.